The summed E-state index contributed by atoms with van der Waals surface area (Å²) in [7, 11) is 1.69. The van der Waals surface area contributed by atoms with Gasteiger partial charge in [0.1, 0.15) is 5.75 Å². The van der Waals surface area contributed by atoms with Crippen LogP contribution in [0.4, 0.5) is 5.69 Å². The zero-order valence-corrected chi connectivity index (χ0v) is 18.1. The second kappa shape index (κ2) is 8.60. The number of fused-ring (bicyclic) bond motifs is 1. The van der Waals surface area contributed by atoms with E-state index in [1.165, 1.54) is 5.69 Å². The van der Waals surface area contributed by atoms with Crippen LogP contribution in [0.5, 0.6) is 17.2 Å². The Bertz CT molecular complexity index is 1110. The number of hydrogen-bond donors (Lipinski definition) is 0. The summed E-state index contributed by atoms with van der Waals surface area (Å²) in [6.45, 7) is 4.67. The largest absolute Gasteiger partial charge is 0.497 e. The van der Waals surface area contributed by atoms with Crippen molar-refractivity contribution in [1.82, 2.24) is 14.7 Å². The van der Waals surface area contributed by atoms with E-state index in [9.17, 15) is 0 Å². The number of methoxy groups -OCH3 is 1. The van der Waals surface area contributed by atoms with Crippen molar-refractivity contribution in [3.05, 3.63) is 47.3 Å². The Morgan fingerprint density at radius 2 is 1.84 bits per heavy atom. The number of rotatable bonds is 5. The first-order chi connectivity index (χ1) is 15.2. The van der Waals surface area contributed by atoms with E-state index in [0.717, 1.165) is 49.7 Å². The molecule has 1 fully saturated rings. The van der Waals surface area contributed by atoms with E-state index >= 15 is 0 Å². The summed E-state index contributed by atoms with van der Waals surface area (Å²) >= 11 is 5.43. The maximum Gasteiger partial charge on any atom is 0.288 e. The molecule has 2 aliphatic rings. The highest BCUT2D eigenvalue weighted by atomic mass is 32.1. The van der Waals surface area contributed by atoms with Crippen molar-refractivity contribution in [3.8, 4) is 28.7 Å². The van der Waals surface area contributed by atoms with Crippen LogP contribution in [0.1, 0.15) is 6.42 Å². The average molecular weight is 441 g/mol. The molecule has 31 heavy (non-hydrogen) atoms. The molecule has 8 nitrogen and oxygen atoms in total. The Kier molecular flexibility index (Phi) is 5.52. The summed E-state index contributed by atoms with van der Waals surface area (Å²) in [6, 6.07) is 13.9. The lowest BCUT2D eigenvalue weighted by molar-refractivity contribution is 0.174. The fourth-order valence-corrected chi connectivity index (χ4v) is 4.07. The molecule has 9 heteroatoms. The monoisotopic (exact) mass is 440 g/mol. The van der Waals surface area contributed by atoms with Gasteiger partial charge in [-0.05, 0) is 61.1 Å². The van der Waals surface area contributed by atoms with Gasteiger partial charge in [-0.15, -0.1) is 5.10 Å². The minimum atomic E-state index is 0.235. The predicted octanol–water partition coefficient (Wildman–Crippen LogP) is 3.78. The van der Waals surface area contributed by atoms with E-state index in [4.69, 9.17) is 30.8 Å². The van der Waals surface area contributed by atoms with Crippen molar-refractivity contribution in [2.75, 3.05) is 45.0 Å². The third-order valence-corrected chi connectivity index (χ3v) is 5.88. The summed E-state index contributed by atoms with van der Waals surface area (Å²) in [5.74, 6) is 2.78. The summed E-state index contributed by atoms with van der Waals surface area (Å²) in [5, 5.41) is 4.61. The second-order valence-electron chi connectivity index (χ2n) is 7.54. The van der Waals surface area contributed by atoms with Gasteiger partial charge < -0.3 is 23.5 Å². The van der Waals surface area contributed by atoms with Gasteiger partial charge >= 0.3 is 0 Å². The van der Waals surface area contributed by atoms with E-state index < -0.39 is 0 Å². The highest BCUT2D eigenvalue weighted by molar-refractivity contribution is 7.71. The number of hydrogen-bond acceptors (Lipinski definition) is 8. The van der Waals surface area contributed by atoms with Crippen molar-refractivity contribution < 1.29 is 18.6 Å². The van der Waals surface area contributed by atoms with Crippen molar-refractivity contribution >= 4 is 17.9 Å². The zero-order chi connectivity index (χ0) is 21.2. The molecule has 0 atom stereocenters. The lowest BCUT2D eigenvalue weighted by Gasteiger charge is -2.23. The molecule has 2 aliphatic heterocycles. The topological polar surface area (TPSA) is 65.1 Å². The standard InChI is InChI=1S/C22H24N4O4S/c1-27-18-6-4-17(5-7-18)25-10-2-9-24(11-12-25)14-26-22(31)30-21(23-26)16-3-8-19-20(13-16)29-15-28-19/h3-8,13H,2,9-12,14-15H2,1H3. The SMILES string of the molecule is COc1ccc(N2CCCN(Cn3nc(-c4ccc5c(c4)OCO5)oc3=S)CC2)cc1. The van der Waals surface area contributed by atoms with Crippen LogP contribution in [0.25, 0.3) is 11.5 Å². The first-order valence-corrected chi connectivity index (χ1v) is 10.7. The number of aromatic nitrogens is 2. The average Bonchev–Trinajstić information content (AvgIpc) is 3.34. The minimum Gasteiger partial charge on any atom is -0.497 e. The quantitative estimate of drug-likeness (QED) is 0.556. The van der Waals surface area contributed by atoms with Crippen molar-refractivity contribution in [3.63, 3.8) is 0 Å². The van der Waals surface area contributed by atoms with Gasteiger partial charge in [0.05, 0.1) is 13.8 Å². The summed E-state index contributed by atoms with van der Waals surface area (Å²) in [6.07, 6.45) is 1.06. The first-order valence-electron chi connectivity index (χ1n) is 10.3. The molecule has 0 radical (unpaired) electrons. The maximum absolute atomic E-state index is 5.77. The molecule has 1 aromatic heterocycles. The smallest absolute Gasteiger partial charge is 0.288 e. The third kappa shape index (κ3) is 4.24. The van der Waals surface area contributed by atoms with E-state index in [1.54, 1.807) is 11.8 Å². The number of ether oxygens (including phenoxy) is 3. The van der Waals surface area contributed by atoms with Crippen LogP contribution >= 0.6 is 12.2 Å². The maximum atomic E-state index is 5.77. The third-order valence-electron chi connectivity index (χ3n) is 5.59. The summed E-state index contributed by atoms with van der Waals surface area (Å²) in [4.78, 5) is 5.12. The summed E-state index contributed by atoms with van der Waals surface area (Å²) in [5.41, 5.74) is 2.03. The van der Waals surface area contributed by atoms with E-state index in [0.29, 0.717) is 23.1 Å². The van der Waals surface area contributed by atoms with Crippen LogP contribution in [0, 0.1) is 4.84 Å². The second-order valence-corrected chi connectivity index (χ2v) is 7.89. The lowest BCUT2D eigenvalue weighted by atomic mass is 10.2. The first kappa shape index (κ1) is 19.9. The van der Waals surface area contributed by atoms with Gasteiger partial charge in [0, 0.05) is 37.4 Å². The fourth-order valence-electron chi connectivity index (χ4n) is 3.89. The van der Waals surface area contributed by atoms with E-state index in [1.807, 2.05) is 30.3 Å². The van der Waals surface area contributed by atoms with Gasteiger partial charge in [-0.3, -0.25) is 4.90 Å². The van der Waals surface area contributed by atoms with Crippen LogP contribution in [0.2, 0.25) is 0 Å². The fraction of sp³-hybridized carbons (Fsp3) is 0.364. The van der Waals surface area contributed by atoms with Gasteiger partial charge in [0.15, 0.2) is 11.5 Å². The van der Waals surface area contributed by atoms with Crippen molar-refractivity contribution in [2.24, 2.45) is 0 Å². The number of benzene rings is 2. The Balaban J connectivity index is 1.25. The Hall–Kier alpha value is -3.04. The normalized spacial score (nSPS) is 16.4. The van der Waals surface area contributed by atoms with Gasteiger partial charge in [0.25, 0.3) is 4.84 Å². The van der Waals surface area contributed by atoms with Crippen LogP contribution in [-0.4, -0.2) is 54.8 Å². The molecule has 0 bridgehead atoms. The number of nitrogens with zero attached hydrogens (tertiary/aromatic N) is 4. The molecule has 162 valence electrons. The molecule has 0 N–H and O–H groups in total. The molecule has 0 amide bonds. The molecule has 3 aromatic rings. The van der Waals surface area contributed by atoms with Crippen LogP contribution in [0.15, 0.2) is 46.9 Å². The molecule has 3 heterocycles. The molecule has 0 aliphatic carbocycles. The molecule has 0 saturated carbocycles. The molecular formula is C22H24N4O4S. The molecular weight excluding hydrogens is 416 g/mol. The number of anilines is 1. The van der Waals surface area contributed by atoms with Crippen LogP contribution < -0.4 is 19.1 Å². The summed E-state index contributed by atoms with van der Waals surface area (Å²) < 4.78 is 23.6. The van der Waals surface area contributed by atoms with E-state index in [-0.39, 0.29) is 6.79 Å². The van der Waals surface area contributed by atoms with Crippen LogP contribution in [0.3, 0.4) is 0 Å². The van der Waals surface area contributed by atoms with E-state index in [2.05, 4.69) is 27.0 Å². The molecule has 2 aromatic carbocycles. The van der Waals surface area contributed by atoms with Gasteiger partial charge in [-0.1, -0.05) is 0 Å². The molecule has 0 spiro atoms. The van der Waals surface area contributed by atoms with Crippen LogP contribution in [-0.2, 0) is 6.67 Å². The highest BCUT2D eigenvalue weighted by Gasteiger charge is 2.19. The van der Waals surface area contributed by atoms with Crippen molar-refractivity contribution in [2.45, 2.75) is 13.1 Å². The molecule has 1 saturated heterocycles. The van der Waals surface area contributed by atoms with Crippen molar-refractivity contribution in [1.29, 1.82) is 0 Å². The van der Waals surface area contributed by atoms with Gasteiger partial charge in [0.2, 0.25) is 12.7 Å². The minimum absolute atomic E-state index is 0.235. The predicted molar refractivity (Wildman–Crippen MR) is 118 cm³/mol. The Morgan fingerprint density at radius 3 is 2.68 bits per heavy atom. The molecule has 0 unspecified atom stereocenters. The molecule has 5 rings (SSSR count). The Labute approximate surface area is 185 Å². The Morgan fingerprint density at radius 1 is 1.00 bits per heavy atom. The van der Waals surface area contributed by atoms with Gasteiger partial charge in [-0.2, -0.15) is 0 Å². The lowest BCUT2D eigenvalue weighted by Crippen LogP contribution is -2.32. The zero-order valence-electron chi connectivity index (χ0n) is 17.3. The highest BCUT2D eigenvalue weighted by Crippen LogP contribution is 2.35. The van der Waals surface area contributed by atoms with Gasteiger partial charge in [-0.25, -0.2) is 4.68 Å².